The van der Waals surface area contributed by atoms with Gasteiger partial charge >= 0.3 is 5.97 Å². The molecule has 2 heterocycles. The van der Waals surface area contributed by atoms with Crippen LogP contribution in [0.2, 0.25) is 0 Å². The van der Waals surface area contributed by atoms with E-state index in [1.807, 2.05) is 0 Å². The number of hydrogen-bond acceptors (Lipinski definition) is 3. The highest BCUT2D eigenvalue weighted by atomic mass is 16.4. The molecule has 1 atom stereocenters. The number of aliphatic carboxylic acids is 1. The molecule has 1 aromatic carbocycles. The van der Waals surface area contributed by atoms with E-state index in [2.05, 4.69) is 4.98 Å². The van der Waals surface area contributed by atoms with E-state index in [0.717, 1.165) is 5.56 Å². The number of pyridine rings is 1. The molecular formula is C15H12N2O4. The molecule has 0 bridgehead atoms. The number of aromatic amines is 1. The molecule has 0 aliphatic carbocycles. The van der Waals surface area contributed by atoms with Crippen molar-refractivity contribution >= 4 is 17.6 Å². The van der Waals surface area contributed by atoms with Crippen LogP contribution in [0.5, 0.6) is 0 Å². The third kappa shape index (κ3) is 2.20. The Bertz CT molecular complexity index is 781. The first-order valence-electron chi connectivity index (χ1n) is 6.41. The van der Waals surface area contributed by atoms with Crippen LogP contribution in [-0.2, 0) is 11.2 Å². The average Bonchev–Trinajstić information content (AvgIpc) is 2.86. The normalized spacial score (nSPS) is 16.6. The Balaban J connectivity index is 2.07. The molecule has 1 aromatic heterocycles. The molecule has 0 spiro atoms. The van der Waals surface area contributed by atoms with Gasteiger partial charge in [-0.15, -0.1) is 0 Å². The maximum atomic E-state index is 12.6. The molecule has 6 heteroatoms. The number of fused-ring (bicyclic) bond motifs is 1. The van der Waals surface area contributed by atoms with E-state index in [1.165, 1.54) is 23.2 Å². The minimum absolute atomic E-state index is 0.168. The SMILES string of the molecule is O=C(O)[C@@H]1Cc2ccccc2N1C(=O)c1cc[nH]c(=O)c1. The lowest BCUT2D eigenvalue weighted by molar-refractivity contribution is -0.138. The van der Waals surface area contributed by atoms with Crippen molar-refractivity contribution in [3.05, 3.63) is 64.1 Å². The quantitative estimate of drug-likeness (QED) is 0.861. The third-order valence-electron chi connectivity index (χ3n) is 3.50. The molecule has 2 N–H and O–H groups in total. The van der Waals surface area contributed by atoms with Crippen molar-refractivity contribution in [3.63, 3.8) is 0 Å². The van der Waals surface area contributed by atoms with Gasteiger partial charge < -0.3 is 10.1 Å². The number of nitrogens with zero attached hydrogens (tertiary/aromatic N) is 1. The van der Waals surface area contributed by atoms with Crippen LogP contribution in [0.15, 0.2) is 47.4 Å². The summed E-state index contributed by atoms with van der Waals surface area (Å²) in [6.07, 6.45) is 1.63. The second-order valence-corrected chi connectivity index (χ2v) is 4.80. The molecule has 0 fully saturated rings. The number of carbonyl (C=O) groups excluding carboxylic acids is 1. The monoisotopic (exact) mass is 284 g/mol. The van der Waals surface area contributed by atoms with Gasteiger partial charge in [0.05, 0.1) is 0 Å². The van der Waals surface area contributed by atoms with Crippen LogP contribution in [0.4, 0.5) is 5.69 Å². The fraction of sp³-hybridized carbons (Fsp3) is 0.133. The number of rotatable bonds is 2. The maximum Gasteiger partial charge on any atom is 0.327 e. The molecule has 6 nitrogen and oxygen atoms in total. The summed E-state index contributed by atoms with van der Waals surface area (Å²) in [5.41, 5.74) is 1.15. The topological polar surface area (TPSA) is 90.5 Å². The predicted molar refractivity (Wildman–Crippen MR) is 75.4 cm³/mol. The highest BCUT2D eigenvalue weighted by Crippen LogP contribution is 2.33. The van der Waals surface area contributed by atoms with Crippen molar-refractivity contribution in [1.82, 2.24) is 4.98 Å². The number of carboxylic acids is 1. The zero-order chi connectivity index (χ0) is 15.0. The zero-order valence-corrected chi connectivity index (χ0v) is 10.9. The molecule has 1 aliphatic rings. The average molecular weight is 284 g/mol. The smallest absolute Gasteiger partial charge is 0.327 e. The van der Waals surface area contributed by atoms with E-state index in [4.69, 9.17) is 0 Å². The van der Waals surface area contributed by atoms with Crippen molar-refractivity contribution in [1.29, 1.82) is 0 Å². The molecule has 21 heavy (non-hydrogen) atoms. The summed E-state index contributed by atoms with van der Waals surface area (Å²) in [5, 5.41) is 9.34. The van der Waals surface area contributed by atoms with Crippen molar-refractivity contribution in [3.8, 4) is 0 Å². The summed E-state index contributed by atoms with van der Waals surface area (Å²) in [7, 11) is 0. The summed E-state index contributed by atoms with van der Waals surface area (Å²) in [6, 6.07) is 8.75. The molecular weight excluding hydrogens is 272 g/mol. The first-order chi connectivity index (χ1) is 10.1. The minimum Gasteiger partial charge on any atom is -0.480 e. The lowest BCUT2D eigenvalue weighted by atomic mass is 10.1. The van der Waals surface area contributed by atoms with Gasteiger partial charge in [0, 0.05) is 29.9 Å². The predicted octanol–water partition coefficient (Wildman–Crippen LogP) is 1.03. The number of aromatic nitrogens is 1. The zero-order valence-electron chi connectivity index (χ0n) is 10.9. The molecule has 1 amide bonds. The van der Waals surface area contributed by atoms with Crippen molar-refractivity contribution in [2.24, 2.45) is 0 Å². The van der Waals surface area contributed by atoms with Gasteiger partial charge in [0.1, 0.15) is 6.04 Å². The van der Waals surface area contributed by atoms with E-state index < -0.39 is 23.5 Å². The Morgan fingerprint density at radius 1 is 1.24 bits per heavy atom. The molecule has 0 radical (unpaired) electrons. The van der Waals surface area contributed by atoms with Crippen LogP contribution in [0.25, 0.3) is 0 Å². The van der Waals surface area contributed by atoms with Crippen LogP contribution in [0, 0.1) is 0 Å². The first-order valence-corrected chi connectivity index (χ1v) is 6.41. The number of carboxylic acid groups (broad SMARTS) is 1. The van der Waals surface area contributed by atoms with Gasteiger partial charge in [0.15, 0.2) is 0 Å². The van der Waals surface area contributed by atoms with E-state index >= 15 is 0 Å². The van der Waals surface area contributed by atoms with Gasteiger partial charge in [-0.1, -0.05) is 18.2 Å². The lowest BCUT2D eigenvalue weighted by Crippen LogP contribution is -2.43. The molecule has 2 aromatic rings. The number of H-pyrrole nitrogens is 1. The van der Waals surface area contributed by atoms with E-state index in [9.17, 15) is 19.5 Å². The Labute approximate surface area is 119 Å². The van der Waals surface area contributed by atoms with Gasteiger partial charge in [-0.3, -0.25) is 14.5 Å². The number of hydrogen-bond donors (Lipinski definition) is 2. The fourth-order valence-corrected chi connectivity index (χ4v) is 2.55. The highest BCUT2D eigenvalue weighted by Gasteiger charge is 2.38. The molecule has 3 rings (SSSR count). The van der Waals surface area contributed by atoms with Gasteiger partial charge in [-0.2, -0.15) is 0 Å². The van der Waals surface area contributed by atoms with Crippen molar-refractivity contribution in [2.75, 3.05) is 4.90 Å². The maximum absolute atomic E-state index is 12.6. The van der Waals surface area contributed by atoms with Gasteiger partial charge in [0.25, 0.3) is 5.91 Å². The Morgan fingerprint density at radius 2 is 2.00 bits per heavy atom. The van der Waals surface area contributed by atoms with Crippen LogP contribution in [0.3, 0.4) is 0 Å². The largest absolute Gasteiger partial charge is 0.480 e. The number of benzene rings is 1. The van der Waals surface area contributed by atoms with E-state index in [-0.39, 0.29) is 12.0 Å². The second-order valence-electron chi connectivity index (χ2n) is 4.80. The summed E-state index contributed by atoms with van der Waals surface area (Å²) in [6.45, 7) is 0. The number of para-hydroxylation sites is 1. The third-order valence-corrected chi connectivity index (χ3v) is 3.50. The summed E-state index contributed by atoms with van der Waals surface area (Å²) < 4.78 is 0. The molecule has 0 saturated heterocycles. The summed E-state index contributed by atoms with van der Waals surface area (Å²) in [5.74, 6) is -1.55. The van der Waals surface area contributed by atoms with Crippen LogP contribution < -0.4 is 10.5 Å². The van der Waals surface area contributed by atoms with Crippen molar-refractivity contribution in [2.45, 2.75) is 12.5 Å². The van der Waals surface area contributed by atoms with Crippen LogP contribution in [0.1, 0.15) is 15.9 Å². The van der Waals surface area contributed by atoms with E-state index in [1.54, 1.807) is 24.3 Å². The Morgan fingerprint density at radius 3 is 2.71 bits per heavy atom. The minimum atomic E-state index is -1.07. The van der Waals surface area contributed by atoms with Crippen molar-refractivity contribution < 1.29 is 14.7 Å². The molecule has 0 saturated carbocycles. The van der Waals surface area contributed by atoms with Gasteiger partial charge in [-0.05, 0) is 17.7 Å². The summed E-state index contributed by atoms with van der Waals surface area (Å²) in [4.78, 5) is 39.0. The standard InChI is InChI=1S/C15H12N2O4/c18-13-8-10(5-6-16-13)14(19)17-11-4-2-1-3-9(11)7-12(17)15(20)21/h1-6,8,12H,7H2,(H,16,18)(H,20,21)/t12-/m0/s1. The first kappa shape index (κ1) is 13.1. The number of amides is 1. The number of carbonyl (C=O) groups is 2. The summed E-state index contributed by atoms with van der Waals surface area (Å²) >= 11 is 0. The second kappa shape index (κ2) is 4.90. The Kier molecular flexibility index (Phi) is 3.06. The molecule has 106 valence electrons. The van der Waals surface area contributed by atoms with E-state index in [0.29, 0.717) is 5.69 Å². The van der Waals surface area contributed by atoms with Crippen LogP contribution >= 0.6 is 0 Å². The molecule has 0 unspecified atom stereocenters. The lowest BCUT2D eigenvalue weighted by Gasteiger charge is -2.22. The van der Waals surface area contributed by atoms with Gasteiger partial charge in [0.2, 0.25) is 5.56 Å². The fourth-order valence-electron chi connectivity index (χ4n) is 2.55. The molecule has 1 aliphatic heterocycles. The highest BCUT2D eigenvalue weighted by molar-refractivity contribution is 6.10. The number of nitrogens with one attached hydrogen (secondary N) is 1. The number of anilines is 1. The van der Waals surface area contributed by atoms with Crippen LogP contribution in [-0.4, -0.2) is 28.0 Å². The van der Waals surface area contributed by atoms with Gasteiger partial charge in [-0.25, -0.2) is 4.79 Å². The Hall–Kier alpha value is -2.89.